The molecule has 0 aliphatic carbocycles. The van der Waals surface area contributed by atoms with Crippen LogP contribution < -0.4 is 5.32 Å². The Morgan fingerprint density at radius 1 is 1.24 bits per heavy atom. The molecule has 1 amide bonds. The van der Waals surface area contributed by atoms with Crippen molar-refractivity contribution in [2.24, 2.45) is 0 Å². The van der Waals surface area contributed by atoms with Gasteiger partial charge in [-0.3, -0.25) is 5.32 Å². The van der Waals surface area contributed by atoms with E-state index in [-0.39, 0.29) is 0 Å². The number of ether oxygens (including phenoxy) is 2. The number of hydrogen-bond donors (Lipinski definition) is 2. The quantitative estimate of drug-likeness (QED) is 0.421. The van der Waals surface area contributed by atoms with Crippen LogP contribution in [0.15, 0.2) is 12.2 Å². The predicted octanol–water partition coefficient (Wildman–Crippen LogP) is 1.51. The summed E-state index contributed by atoms with van der Waals surface area (Å²) < 4.78 is 10.3. The van der Waals surface area contributed by atoms with E-state index in [9.17, 15) is 9.59 Å². The average molecular weight is 245 g/mol. The zero-order chi connectivity index (χ0) is 13.6. The Bertz CT molecular complexity index is 302. The lowest BCUT2D eigenvalue weighted by Crippen LogP contribution is -2.39. The molecule has 2 N–H and O–H groups in total. The summed E-state index contributed by atoms with van der Waals surface area (Å²) in [5.74, 6) is -0.494. The van der Waals surface area contributed by atoms with Gasteiger partial charge in [-0.2, -0.15) is 0 Å². The van der Waals surface area contributed by atoms with Crippen LogP contribution in [0.1, 0.15) is 27.7 Å². The molecule has 0 spiro atoms. The molecule has 3 unspecified atom stereocenters. The fourth-order valence-electron chi connectivity index (χ4n) is 1.01. The number of hydrogen-bond acceptors (Lipinski definition) is 4. The van der Waals surface area contributed by atoms with Crippen LogP contribution in [0.5, 0.6) is 0 Å². The van der Waals surface area contributed by atoms with Gasteiger partial charge >= 0.3 is 12.1 Å². The summed E-state index contributed by atoms with van der Waals surface area (Å²) in [6.07, 6.45) is -2.76. The molecule has 0 aliphatic rings. The molecule has 0 heterocycles. The van der Waals surface area contributed by atoms with Gasteiger partial charge in [0.1, 0.15) is 12.3 Å². The Morgan fingerprint density at radius 3 is 2.18 bits per heavy atom. The first kappa shape index (κ1) is 15.4. The highest BCUT2D eigenvalue weighted by Gasteiger charge is 2.20. The van der Waals surface area contributed by atoms with Gasteiger partial charge in [-0.1, -0.05) is 6.58 Å². The van der Waals surface area contributed by atoms with Crippen LogP contribution in [0, 0.1) is 0 Å². The number of carbonyl (C=O) groups excluding carboxylic acids is 1. The third-order valence-electron chi connectivity index (χ3n) is 2.05. The van der Waals surface area contributed by atoms with Gasteiger partial charge < -0.3 is 14.6 Å². The van der Waals surface area contributed by atoms with Gasteiger partial charge in [0.2, 0.25) is 0 Å². The number of amides is 1. The second-order valence-corrected chi connectivity index (χ2v) is 3.82. The normalized spacial score (nSPS) is 15.5. The van der Waals surface area contributed by atoms with Crippen molar-refractivity contribution in [3.63, 3.8) is 0 Å². The first-order valence-electron chi connectivity index (χ1n) is 5.25. The minimum Gasteiger partial charge on any atom is -0.465 e. The lowest BCUT2D eigenvalue weighted by molar-refractivity contribution is -0.153. The fraction of sp³-hybridized carbons (Fsp3) is 0.636. The third-order valence-corrected chi connectivity index (χ3v) is 2.05. The van der Waals surface area contributed by atoms with E-state index in [0.717, 1.165) is 0 Å². The van der Waals surface area contributed by atoms with E-state index in [2.05, 4.69) is 11.9 Å². The van der Waals surface area contributed by atoms with Gasteiger partial charge in [-0.25, -0.2) is 9.59 Å². The van der Waals surface area contributed by atoms with Crippen molar-refractivity contribution >= 4 is 12.1 Å². The molecule has 0 bridgehead atoms. The van der Waals surface area contributed by atoms with Crippen LogP contribution >= 0.6 is 0 Å². The van der Waals surface area contributed by atoms with Crippen molar-refractivity contribution in [3.05, 3.63) is 12.2 Å². The lowest BCUT2D eigenvalue weighted by atomic mass is 10.2. The van der Waals surface area contributed by atoms with Crippen molar-refractivity contribution in [1.82, 2.24) is 5.32 Å². The smallest absolute Gasteiger partial charge is 0.406 e. The maximum atomic E-state index is 11.2. The van der Waals surface area contributed by atoms with E-state index in [4.69, 9.17) is 14.6 Å². The summed E-state index contributed by atoms with van der Waals surface area (Å²) in [6.45, 7) is 9.92. The molecule has 17 heavy (non-hydrogen) atoms. The van der Waals surface area contributed by atoms with Gasteiger partial charge in [-0.15, -0.1) is 0 Å². The summed E-state index contributed by atoms with van der Waals surface area (Å²) >= 11 is 0. The predicted molar refractivity (Wildman–Crippen MR) is 61.5 cm³/mol. The van der Waals surface area contributed by atoms with Crippen molar-refractivity contribution in [2.45, 2.75) is 46.1 Å². The van der Waals surface area contributed by atoms with Gasteiger partial charge in [0.15, 0.2) is 0 Å². The van der Waals surface area contributed by atoms with Crippen molar-refractivity contribution in [2.75, 3.05) is 0 Å². The molecule has 0 aromatic rings. The molecule has 3 atom stereocenters. The molecular weight excluding hydrogens is 226 g/mol. The minimum atomic E-state index is -1.17. The molecule has 0 aromatic carbocycles. The van der Waals surface area contributed by atoms with Crippen LogP contribution in [-0.2, 0) is 14.3 Å². The highest BCUT2D eigenvalue weighted by Crippen LogP contribution is 2.07. The Labute approximate surface area is 101 Å². The van der Waals surface area contributed by atoms with E-state index in [0.29, 0.717) is 5.57 Å². The number of nitrogens with one attached hydrogen (secondary N) is 1. The molecular formula is C11H19NO5. The van der Waals surface area contributed by atoms with E-state index < -0.39 is 30.5 Å². The number of esters is 1. The fourth-order valence-corrected chi connectivity index (χ4v) is 1.01. The summed E-state index contributed by atoms with van der Waals surface area (Å²) in [6, 6.07) is 0. The zero-order valence-corrected chi connectivity index (χ0v) is 10.5. The minimum absolute atomic E-state index is 0.306. The van der Waals surface area contributed by atoms with Crippen LogP contribution in [0.2, 0.25) is 0 Å². The highest BCUT2D eigenvalue weighted by atomic mass is 16.6. The largest absolute Gasteiger partial charge is 0.465 e. The molecule has 0 saturated heterocycles. The number of carbonyl (C=O) groups is 2. The van der Waals surface area contributed by atoms with E-state index >= 15 is 0 Å². The number of rotatable bonds is 6. The zero-order valence-electron chi connectivity index (χ0n) is 10.5. The topological polar surface area (TPSA) is 84.9 Å². The first-order chi connectivity index (χ1) is 7.73. The highest BCUT2D eigenvalue weighted by molar-refractivity contribution is 5.87. The van der Waals surface area contributed by atoms with Crippen LogP contribution in [0.25, 0.3) is 0 Å². The van der Waals surface area contributed by atoms with Gasteiger partial charge in [-0.05, 0) is 27.7 Å². The SMILES string of the molecule is C=C(C)C(=O)OC(C)C(C)OC(C)NC(=O)O. The average Bonchev–Trinajstić information content (AvgIpc) is 2.15. The van der Waals surface area contributed by atoms with E-state index in [1.807, 2.05) is 0 Å². The van der Waals surface area contributed by atoms with Crippen LogP contribution in [0.4, 0.5) is 4.79 Å². The Morgan fingerprint density at radius 2 is 1.76 bits per heavy atom. The lowest BCUT2D eigenvalue weighted by Gasteiger charge is -2.24. The van der Waals surface area contributed by atoms with Gasteiger partial charge in [0, 0.05) is 5.57 Å². The number of carboxylic acid groups (broad SMARTS) is 1. The third kappa shape index (κ3) is 6.57. The second-order valence-electron chi connectivity index (χ2n) is 3.82. The van der Waals surface area contributed by atoms with Gasteiger partial charge in [0.25, 0.3) is 0 Å². The van der Waals surface area contributed by atoms with E-state index in [1.54, 1.807) is 27.7 Å². The molecule has 0 aromatic heterocycles. The van der Waals surface area contributed by atoms with Crippen LogP contribution in [0.3, 0.4) is 0 Å². The van der Waals surface area contributed by atoms with Crippen molar-refractivity contribution in [1.29, 1.82) is 0 Å². The summed E-state index contributed by atoms with van der Waals surface area (Å²) in [7, 11) is 0. The Balaban J connectivity index is 4.13. The van der Waals surface area contributed by atoms with Crippen LogP contribution in [-0.4, -0.2) is 35.6 Å². The summed E-state index contributed by atoms with van der Waals surface area (Å²) in [5, 5.41) is 10.6. The Kier molecular flexibility index (Phi) is 6.27. The molecule has 0 aliphatic heterocycles. The molecule has 6 nitrogen and oxygen atoms in total. The summed E-state index contributed by atoms with van der Waals surface area (Å²) in [4.78, 5) is 21.6. The molecule has 0 radical (unpaired) electrons. The Hall–Kier alpha value is -1.56. The molecule has 0 fully saturated rings. The second kappa shape index (κ2) is 6.90. The van der Waals surface area contributed by atoms with Gasteiger partial charge in [0.05, 0.1) is 6.10 Å². The van der Waals surface area contributed by atoms with Crippen molar-refractivity contribution < 1.29 is 24.2 Å². The molecule has 6 heteroatoms. The van der Waals surface area contributed by atoms with Crippen molar-refractivity contribution in [3.8, 4) is 0 Å². The molecule has 98 valence electrons. The first-order valence-corrected chi connectivity index (χ1v) is 5.25. The monoisotopic (exact) mass is 245 g/mol. The standard InChI is InChI=1S/C11H19NO5/c1-6(2)10(13)17-8(4)7(3)16-9(5)12-11(14)15/h7-9,12H,1H2,2-5H3,(H,14,15). The molecule has 0 rings (SSSR count). The van der Waals surface area contributed by atoms with E-state index in [1.165, 1.54) is 0 Å². The maximum Gasteiger partial charge on any atom is 0.406 e. The maximum absolute atomic E-state index is 11.2. The molecule has 0 saturated carbocycles. The summed E-state index contributed by atoms with van der Waals surface area (Å²) in [5.41, 5.74) is 0.306.